The number of aliphatic hydroxyl groups is 1. The van der Waals surface area contributed by atoms with Crippen LogP contribution in [0.4, 0.5) is 0 Å². The van der Waals surface area contributed by atoms with E-state index in [9.17, 15) is 5.11 Å². The van der Waals surface area contributed by atoms with Gasteiger partial charge in [0.15, 0.2) is 0 Å². The molecule has 1 aliphatic carbocycles. The number of hydrogen-bond acceptors (Lipinski definition) is 2. The van der Waals surface area contributed by atoms with Gasteiger partial charge in [0.05, 0.1) is 0 Å². The third-order valence-corrected chi connectivity index (χ3v) is 7.51. The van der Waals surface area contributed by atoms with E-state index >= 15 is 0 Å². The summed E-state index contributed by atoms with van der Waals surface area (Å²) in [6, 6.07) is 0. The molecular weight excluding hydrogens is 342 g/mol. The summed E-state index contributed by atoms with van der Waals surface area (Å²) < 4.78 is 0. The molecule has 168 valence electrons. The Kier molecular flexibility index (Phi) is 15.5. The first-order valence-electron chi connectivity index (χ1n) is 13.0. The molecule has 0 aromatic rings. The average molecular weight is 396 g/mol. The summed E-state index contributed by atoms with van der Waals surface area (Å²) in [7, 11) is 4.47. The molecule has 0 radical (unpaired) electrons. The lowest BCUT2D eigenvalue weighted by Crippen LogP contribution is -2.52. The number of hydrogen-bond donors (Lipinski definition) is 1. The monoisotopic (exact) mass is 395 g/mol. The third-order valence-electron chi connectivity index (χ3n) is 7.51. The van der Waals surface area contributed by atoms with Gasteiger partial charge in [-0.15, -0.1) is 0 Å². The van der Waals surface area contributed by atoms with Gasteiger partial charge in [0.2, 0.25) is 0 Å². The average Bonchev–Trinajstić information content (AvgIpc) is 2.69. The smallest absolute Gasteiger partial charge is 0.0448 e. The first kappa shape index (κ1) is 26.0. The highest BCUT2D eigenvalue weighted by atomic mass is 16.3. The standard InChI is InChI=1S/C26H53NO/c1-4-5-6-7-8-9-10-11-12-13-14-15-16-17-20-25-21-18-19-22-26(25,23-24-28)27(2)3/h25,28H,4-24H2,1-3H3. The molecule has 1 N–H and O–H groups in total. The topological polar surface area (TPSA) is 23.5 Å². The van der Waals surface area contributed by atoms with Gasteiger partial charge in [-0.25, -0.2) is 0 Å². The van der Waals surface area contributed by atoms with Crippen molar-refractivity contribution in [2.75, 3.05) is 20.7 Å². The maximum atomic E-state index is 9.62. The molecule has 0 aromatic heterocycles. The van der Waals surface area contributed by atoms with Crippen molar-refractivity contribution in [3.05, 3.63) is 0 Å². The van der Waals surface area contributed by atoms with Gasteiger partial charge >= 0.3 is 0 Å². The molecule has 0 heterocycles. The van der Waals surface area contributed by atoms with Crippen LogP contribution in [0.5, 0.6) is 0 Å². The van der Waals surface area contributed by atoms with Gasteiger partial charge in [0.1, 0.15) is 0 Å². The van der Waals surface area contributed by atoms with Crippen molar-refractivity contribution in [2.24, 2.45) is 5.92 Å². The highest BCUT2D eigenvalue weighted by Crippen LogP contribution is 2.42. The molecular formula is C26H53NO. The summed E-state index contributed by atoms with van der Waals surface area (Å²) in [5.41, 5.74) is 0.267. The second-order valence-electron chi connectivity index (χ2n) is 9.80. The summed E-state index contributed by atoms with van der Waals surface area (Å²) in [4.78, 5) is 2.44. The van der Waals surface area contributed by atoms with Gasteiger partial charge < -0.3 is 10.0 Å². The van der Waals surface area contributed by atoms with Crippen molar-refractivity contribution < 1.29 is 5.11 Å². The minimum absolute atomic E-state index is 0.267. The molecule has 1 saturated carbocycles. The largest absolute Gasteiger partial charge is 0.396 e. The Morgan fingerprint density at radius 3 is 1.71 bits per heavy atom. The summed E-state index contributed by atoms with van der Waals surface area (Å²) in [6.45, 7) is 2.64. The Morgan fingerprint density at radius 1 is 0.750 bits per heavy atom. The van der Waals surface area contributed by atoms with E-state index in [2.05, 4.69) is 25.9 Å². The van der Waals surface area contributed by atoms with Gasteiger partial charge in [-0.3, -0.25) is 0 Å². The normalized spacial score (nSPS) is 22.8. The molecule has 1 aliphatic rings. The molecule has 0 amide bonds. The van der Waals surface area contributed by atoms with Crippen LogP contribution >= 0.6 is 0 Å². The van der Waals surface area contributed by atoms with E-state index in [0.717, 1.165) is 12.3 Å². The van der Waals surface area contributed by atoms with E-state index in [1.54, 1.807) is 0 Å². The highest BCUT2D eigenvalue weighted by Gasteiger charge is 2.41. The van der Waals surface area contributed by atoms with Crippen LogP contribution in [0.25, 0.3) is 0 Å². The van der Waals surface area contributed by atoms with Gasteiger partial charge in [0.25, 0.3) is 0 Å². The zero-order valence-corrected chi connectivity index (χ0v) is 19.8. The fourth-order valence-electron chi connectivity index (χ4n) is 5.63. The molecule has 0 spiro atoms. The molecule has 1 rings (SSSR count). The van der Waals surface area contributed by atoms with Crippen molar-refractivity contribution in [1.29, 1.82) is 0 Å². The Hall–Kier alpha value is -0.0800. The maximum Gasteiger partial charge on any atom is 0.0448 e. The van der Waals surface area contributed by atoms with Crippen LogP contribution in [0.2, 0.25) is 0 Å². The van der Waals surface area contributed by atoms with Crippen molar-refractivity contribution in [3.8, 4) is 0 Å². The number of aliphatic hydroxyl groups excluding tert-OH is 1. The van der Waals surface area contributed by atoms with E-state index in [0.29, 0.717) is 6.61 Å². The quantitative estimate of drug-likeness (QED) is 0.240. The predicted octanol–water partition coefficient (Wildman–Crippen LogP) is 7.73. The molecule has 0 bridgehead atoms. The Bertz CT molecular complexity index is 339. The predicted molar refractivity (Wildman–Crippen MR) is 125 cm³/mol. The van der Waals surface area contributed by atoms with Crippen LogP contribution in [0, 0.1) is 5.92 Å². The van der Waals surface area contributed by atoms with Crippen LogP contribution in [0.15, 0.2) is 0 Å². The first-order chi connectivity index (χ1) is 13.7. The van der Waals surface area contributed by atoms with Crippen LogP contribution < -0.4 is 0 Å². The zero-order chi connectivity index (χ0) is 20.5. The lowest BCUT2D eigenvalue weighted by molar-refractivity contribution is 0.00949. The van der Waals surface area contributed by atoms with Gasteiger partial charge in [-0.1, -0.05) is 110 Å². The second kappa shape index (κ2) is 16.7. The molecule has 0 aromatic carbocycles. The lowest BCUT2D eigenvalue weighted by Gasteiger charge is -2.49. The van der Waals surface area contributed by atoms with Crippen molar-refractivity contribution >= 4 is 0 Å². The molecule has 2 heteroatoms. The van der Waals surface area contributed by atoms with E-state index in [4.69, 9.17) is 0 Å². The fraction of sp³-hybridized carbons (Fsp3) is 1.00. The van der Waals surface area contributed by atoms with Crippen molar-refractivity contribution in [2.45, 2.75) is 141 Å². The molecule has 2 atom stereocenters. The Balaban J connectivity index is 2.01. The maximum absolute atomic E-state index is 9.62. The third kappa shape index (κ3) is 10.1. The van der Waals surface area contributed by atoms with Crippen LogP contribution in [-0.4, -0.2) is 36.2 Å². The van der Waals surface area contributed by atoms with E-state index in [1.165, 1.54) is 122 Å². The lowest BCUT2D eigenvalue weighted by atomic mass is 9.68. The summed E-state index contributed by atoms with van der Waals surface area (Å²) in [5, 5.41) is 9.62. The van der Waals surface area contributed by atoms with Crippen LogP contribution in [0.3, 0.4) is 0 Å². The van der Waals surface area contributed by atoms with E-state index in [1.807, 2.05) is 0 Å². The van der Waals surface area contributed by atoms with Gasteiger partial charge in [-0.05, 0) is 45.7 Å². The molecule has 0 saturated heterocycles. The SMILES string of the molecule is CCCCCCCCCCCCCCCCC1CCCCC1(CCO)N(C)C. The van der Waals surface area contributed by atoms with Gasteiger partial charge in [-0.2, -0.15) is 0 Å². The van der Waals surface area contributed by atoms with E-state index in [-0.39, 0.29) is 5.54 Å². The minimum atomic E-state index is 0.267. The molecule has 0 aliphatic heterocycles. The Labute approximate surface area is 177 Å². The molecule has 28 heavy (non-hydrogen) atoms. The second-order valence-corrected chi connectivity index (χ2v) is 9.80. The fourth-order valence-corrected chi connectivity index (χ4v) is 5.63. The zero-order valence-electron chi connectivity index (χ0n) is 19.8. The highest BCUT2D eigenvalue weighted by molar-refractivity contribution is 4.96. The molecule has 2 nitrogen and oxygen atoms in total. The summed E-state index contributed by atoms with van der Waals surface area (Å²) in [6.07, 6.45) is 27.9. The van der Waals surface area contributed by atoms with Crippen molar-refractivity contribution in [1.82, 2.24) is 4.90 Å². The van der Waals surface area contributed by atoms with Crippen LogP contribution in [0.1, 0.15) is 135 Å². The summed E-state index contributed by atoms with van der Waals surface area (Å²) >= 11 is 0. The van der Waals surface area contributed by atoms with E-state index < -0.39 is 0 Å². The van der Waals surface area contributed by atoms with Crippen molar-refractivity contribution in [3.63, 3.8) is 0 Å². The first-order valence-corrected chi connectivity index (χ1v) is 13.0. The number of unbranched alkanes of at least 4 members (excludes halogenated alkanes) is 13. The molecule has 2 unspecified atom stereocenters. The van der Waals surface area contributed by atoms with Gasteiger partial charge in [0, 0.05) is 12.1 Å². The van der Waals surface area contributed by atoms with Crippen LogP contribution in [-0.2, 0) is 0 Å². The minimum Gasteiger partial charge on any atom is -0.396 e. The molecule has 1 fully saturated rings. The number of rotatable bonds is 18. The summed E-state index contributed by atoms with van der Waals surface area (Å²) in [5.74, 6) is 0.792. The number of nitrogens with zero attached hydrogens (tertiary/aromatic N) is 1. The Morgan fingerprint density at radius 2 is 1.25 bits per heavy atom.